The van der Waals surface area contributed by atoms with Gasteiger partial charge in [-0.1, -0.05) is 0 Å². The molecule has 9 nitrogen and oxygen atoms in total. The largest absolute Gasteiger partial charge is 0.417 e. The van der Waals surface area contributed by atoms with Crippen molar-refractivity contribution in [3.05, 3.63) is 34.3 Å². The van der Waals surface area contributed by atoms with Gasteiger partial charge in [0.15, 0.2) is 5.58 Å². The van der Waals surface area contributed by atoms with Gasteiger partial charge in [0.25, 0.3) is 5.91 Å². The maximum atomic E-state index is 13.2. The standard InChI is InChI=1S/C21H28N4O5S.ClH/c26-20(14-1-4-18-19(9-14)30-21(27)24-18)23-15-10-16-2-3-17(11-15)25(16)31(28,29)12-13-5-7-22-8-6-13;/h1,4,9,13,15-17,22H,2-3,5-8,10-12H2,(H,23,26)(H,24,27);1H/t15-,16+,17-;. The van der Waals surface area contributed by atoms with Crippen molar-refractivity contribution in [3.63, 3.8) is 0 Å². The fraction of sp³-hybridized carbons (Fsp3) is 0.619. The summed E-state index contributed by atoms with van der Waals surface area (Å²) in [6.45, 7) is 1.78. The summed E-state index contributed by atoms with van der Waals surface area (Å²) >= 11 is 0. The summed E-state index contributed by atoms with van der Waals surface area (Å²) in [5, 5.41) is 6.35. The summed E-state index contributed by atoms with van der Waals surface area (Å²) in [5.74, 6) is -0.324. The molecule has 176 valence electrons. The summed E-state index contributed by atoms with van der Waals surface area (Å²) in [7, 11) is -3.30. The molecule has 1 aromatic carbocycles. The Balaban J connectivity index is 0.00000245. The highest BCUT2D eigenvalue weighted by Crippen LogP contribution is 2.39. The van der Waals surface area contributed by atoms with E-state index in [1.807, 2.05) is 0 Å². The van der Waals surface area contributed by atoms with Crippen molar-refractivity contribution in [1.82, 2.24) is 19.9 Å². The van der Waals surface area contributed by atoms with Crippen LogP contribution in [0.15, 0.2) is 27.4 Å². The van der Waals surface area contributed by atoms with Crippen molar-refractivity contribution < 1.29 is 17.6 Å². The quantitative estimate of drug-likeness (QED) is 0.592. The Morgan fingerprint density at radius 2 is 1.81 bits per heavy atom. The van der Waals surface area contributed by atoms with E-state index in [0.717, 1.165) is 38.8 Å². The Kier molecular flexibility index (Phi) is 6.67. The average Bonchev–Trinajstić information content (AvgIpc) is 3.24. The lowest BCUT2D eigenvalue weighted by molar-refractivity contribution is 0.0909. The lowest BCUT2D eigenvalue weighted by Gasteiger charge is -2.39. The molecule has 0 radical (unpaired) electrons. The third-order valence-corrected chi connectivity index (χ3v) is 9.04. The van der Waals surface area contributed by atoms with Gasteiger partial charge in [0.1, 0.15) is 0 Å². The monoisotopic (exact) mass is 484 g/mol. The van der Waals surface area contributed by atoms with Gasteiger partial charge in [-0.2, -0.15) is 4.31 Å². The van der Waals surface area contributed by atoms with Gasteiger partial charge >= 0.3 is 5.76 Å². The van der Waals surface area contributed by atoms with Crippen molar-refractivity contribution in [1.29, 1.82) is 0 Å². The fourth-order valence-corrected chi connectivity index (χ4v) is 7.89. The van der Waals surface area contributed by atoms with Gasteiger partial charge < -0.3 is 15.1 Å². The summed E-state index contributed by atoms with van der Waals surface area (Å²) in [6.07, 6.45) is 4.79. The summed E-state index contributed by atoms with van der Waals surface area (Å²) in [5.41, 5.74) is 1.31. The van der Waals surface area contributed by atoms with E-state index in [1.165, 1.54) is 0 Å². The molecular weight excluding hydrogens is 456 g/mol. The zero-order valence-electron chi connectivity index (χ0n) is 17.7. The van der Waals surface area contributed by atoms with Crippen LogP contribution in [-0.2, 0) is 10.0 Å². The second-order valence-corrected chi connectivity index (χ2v) is 11.0. The molecule has 2 aromatic rings. The number of fused-ring (bicyclic) bond motifs is 3. The number of benzene rings is 1. The molecule has 0 aliphatic carbocycles. The molecule has 0 unspecified atom stereocenters. The molecular formula is C21H29ClN4O5S. The number of hydrogen-bond donors (Lipinski definition) is 3. The van der Waals surface area contributed by atoms with E-state index in [-0.39, 0.29) is 48.1 Å². The molecule has 3 atom stereocenters. The van der Waals surface area contributed by atoms with Crippen LogP contribution in [0.5, 0.6) is 0 Å². The Labute approximate surface area is 192 Å². The van der Waals surface area contributed by atoms with Crippen LogP contribution >= 0.6 is 12.4 Å². The molecule has 3 aliphatic rings. The predicted octanol–water partition coefficient (Wildman–Crippen LogP) is 1.60. The van der Waals surface area contributed by atoms with E-state index >= 15 is 0 Å². The number of piperidine rings is 2. The third-order valence-electron chi connectivity index (χ3n) is 6.91. The number of H-pyrrole nitrogens is 1. The number of rotatable bonds is 5. The minimum Gasteiger partial charge on any atom is -0.408 e. The number of aromatic nitrogens is 1. The van der Waals surface area contributed by atoms with Crippen molar-refractivity contribution in [2.24, 2.45) is 5.92 Å². The molecule has 4 heterocycles. The van der Waals surface area contributed by atoms with Gasteiger partial charge in [-0.05, 0) is 75.7 Å². The lowest BCUT2D eigenvalue weighted by Crippen LogP contribution is -2.53. The maximum Gasteiger partial charge on any atom is 0.417 e. The van der Waals surface area contributed by atoms with E-state index < -0.39 is 15.8 Å². The van der Waals surface area contributed by atoms with Gasteiger partial charge in [-0.3, -0.25) is 9.78 Å². The molecule has 3 saturated heterocycles. The van der Waals surface area contributed by atoms with Crippen LogP contribution in [0.1, 0.15) is 48.9 Å². The molecule has 11 heteroatoms. The minimum absolute atomic E-state index is 0. The highest BCUT2D eigenvalue weighted by molar-refractivity contribution is 7.89. The van der Waals surface area contributed by atoms with Crippen LogP contribution in [0.2, 0.25) is 0 Å². The smallest absolute Gasteiger partial charge is 0.408 e. The number of halogens is 1. The summed E-state index contributed by atoms with van der Waals surface area (Å²) in [4.78, 5) is 26.6. The van der Waals surface area contributed by atoms with E-state index in [2.05, 4.69) is 15.6 Å². The first-order valence-electron chi connectivity index (χ1n) is 11.0. The summed E-state index contributed by atoms with van der Waals surface area (Å²) in [6, 6.07) is 4.70. The second kappa shape index (κ2) is 9.17. The first kappa shape index (κ1) is 23.3. The number of aromatic amines is 1. The molecule has 1 amide bonds. The third kappa shape index (κ3) is 4.59. The van der Waals surface area contributed by atoms with Crippen LogP contribution in [0, 0.1) is 5.92 Å². The zero-order valence-corrected chi connectivity index (χ0v) is 19.3. The zero-order chi connectivity index (χ0) is 21.6. The molecule has 32 heavy (non-hydrogen) atoms. The van der Waals surface area contributed by atoms with Crippen molar-refractivity contribution in [3.8, 4) is 0 Å². The van der Waals surface area contributed by atoms with E-state index in [0.29, 0.717) is 29.5 Å². The van der Waals surface area contributed by atoms with Gasteiger partial charge in [0, 0.05) is 23.7 Å². The van der Waals surface area contributed by atoms with Gasteiger partial charge in [0.2, 0.25) is 10.0 Å². The van der Waals surface area contributed by atoms with E-state index in [9.17, 15) is 18.0 Å². The number of nitrogens with zero attached hydrogens (tertiary/aromatic N) is 1. The van der Waals surface area contributed by atoms with Crippen LogP contribution in [0.3, 0.4) is 0 Å². The maximum absolute atomic E-state index is 13.2. The minimum atomic E-state index is -3.30. The molecule has 1 aromatic heterocycles. The van der Waals surface area contributed by atoms with Gasteiger partial charge in [0.05, 0.1) is 11.3 Å². The van der Waals surface area contributed by atoms with Gasteiger partial charge in [-0.15, -0.1) is 12.4 Å². The van der Waals surface area contributed by atoms with Gasteiger partial charge in [-0.25, -0.2) is 13.2 Å². The number of sulfonamides is 1. The predicted molar refractivity (Wildman–Crippen MR) is 123 cm³/mol. The van der Waals surface area contributed by atoms with Crippen LogP contribution < -0.4 is 16.4 Å². The number of amides is 1. The molecule has 2 bridgehead atoms. The highest BCUT2D eigenvalue weighted by atomic mass is 35.5. The molecule has 0 spiro atoms. The van der Waals surface area contributed by atoms with Crippen LogP contribution in [0.4, 0.5) is 0 Å². The Morgan fingerprint density at radius 1 is 1.12 bits per heavy atom. The normalized spacial score (nSPS) is 26.7. The number of carbonyl (C=O) groups excluding carboxylic acids is 1. The Bertz CT molecular complexity index is 1130. The number of oxazole rings is 1. The SMILES string of the molecule is Cl.O=C(N[C@H]1C[C@H]2CC[C@@H](C1)N2S(=O)(=O)CC1CCNCC1)c1ccc2[nH]c(=O)oc2c1. The Morgan fingerprint density at radius 3 is 2.50 bits per heavy atom. The van der Waals surface area contributed by atoms with E-state index in [4.69, 9.17) is 4.42 Å². The van der Waals surface area contributed by atoms with Crippen molar-refractivity contribution >= 4 is 39.4 Å². The molecule has 3 aliphatic heterocycles. The summed E-state index contributed by atoms with van der Waals surface area (Å²) < 4.78 is 33.1. The topological polar surface area (TPSA) is 125 Å². The van der Waals surface area contributed by atoms with Crippen molar-refractivity contribution in [2.75, 3.05) is 18.8 Å². The van der Waals surface area contributed by atoms with Crippen LogP contribution in [0.25, 0.3) is 11.1 Å². The number of carbonyl (C=O) groups is 1. The highest BCUT2D eigenvalue weighted by Gasteiger charge is 2.47. The van der Waals surface area contributed by atoms with E-state index in [1.54, 1.807) is 22.5 Å². The number of nitrogens with one attached hydrogen (secondary N) is 3. The van der Waals surface area contributed by atoms with Crippen LogP contribution in [-0.4, -0.2) is 60.6 Å². The lowest BCUT2D eigenvalue weighted by atomic mass is 9.99. The second-order valence-electron chi connectivity index (χ2n) is 9.05. The Hall–Kier alpha value is -1.88. The number of hydrogen-bond acceptors (Lipinski definition) is 6. The fourth-order valence-electron chi connectivity index (χ4n) is 5.49. The first-order valence-corrected chi connectivity index (χ1v) is 12.7. The average molecular weight is 485 g/mol. The van der Waals surface area contributed by atoms with Crippen molar-refractivity contribution in [2.45, 2.75) is 56.7 Å². The molecule has 3 N–H and O–H groups in total. The molecule has 0 saturated carbocycles. The molecule has 3 fully saturated rings. The first-order chi connectivity index (χ1) is 14.9. The molecule has 5 rings (SSSR count).